The predicted molar refractivity (Wildman–Crippen MR) is 141 cm³/mol. The average molecular weight is 487 g/mol. The van der Waals surface area contributed by atoms with Gasteiger partial charge in [0.05, 0.1) is 18.2 Å². The minimum Gasteiger partial charge on any atom is -0.495 e. The van der Waals surface area contributed by atoms with E-state index in [0.717, 1.165) is 54.0 Å². The van der Waals surface area contributed by atoms with Gasteiger partial charge in [-0.25, -0.2) is 0 Å². The summed E-state index contributed by atoms with van der Waals surface area (Å²) in [5.41, 5.74) is 5.23. The molecule has 1 aliphatic heterocycles. The van der Waals surface area contributed by atoms with Crippen molar-refractivity contribution in [3.05, 3.63) is 59.8 Å². The molecule has 1 saturated heterocycles. The molecule has 0 atom stereocenters. The summed E-state index contributed by atoms with van der Waals surface area (Å²) in [6, 6.07) is 13.9. The zero-order chi connectivity index (χ0) is 25.1. The molecular formula is C27H30N6O3. The highest BCUT2D eigenvalue weighted by atomic mass is 16.5. The van der Waals surface area contributed by atoms with Crippen molar-refractivity contribution in [3.63, 3.8) is 0 Å². The highest BCUT2D eigenvalue weighted by Crippen LogP contribution is 2.35. The van der Waals surface area contributed by atoms with Crippen LogP contribution in [-0.2, 0) is 4.74 Å². The van der Waals surface area contributed by atoms with Gasteiger partial charge in [0.25, 0.3) is 5.91 Å². The first-order valence-electron chi connectivity index (χ1n) is 12.0. The first-order valence-corrected chi connectivity index (χ1v) is 12.0. The Morgan fingerprint density at radius 2 is 1.89 bits per heavy atom. The maximum absolute atomic E-state index is 12.0. The Hall–Kier alpha value is -4.11. The number of methoxy groups -OCH3 is 1. The number of rotatable bonds is 7. The number of nitrogens with zero attached hydrogens (tertiary/aromatic N) is 2. The lowest BCUT2D eigenvalue weighted by atomic mass is 10.0. The van der Waals surface area contributed by atoms with E-state index in [9.17, 15) is 4.79 Å². The van der Waals surface area contributed by atoms with Crippen molar-refractivity contribution in [2.24, 2.45) is 0 Å². The van der Waals surface area contributed by atoms with Crippen LogP contribution in [-0.4, -0.2) is 54.3 Å². The lowest BCUT2D eigenvalue weighted by molar-refractivity contribution is 0.0904. The summed E-state index contributed by atoms with van der Waals surface area (Å²) in [4.78, 5) is 25.0. The quantitative estimate of drug-likeness (QED) is 0.301. The number of aromatic nitrogens is 3. The van der Waals surface area contributed by atoms with Crippen LogP contribution in [0, 0.1) is 6.92 Å². The molecule has 186 valence electrons. The lowest BCUT2D eigenvalue weighted by Gasteiger charge is -2.24. The van der Waals surface area contributed by atoms with Crippen LogP contribution in [0.1, 0.15) is 28.8 Å². The molecule has 1 aliphatic rings. The molecule has 0 aliphatic carbocycles. The fourth-order valence-corrected chi connectivity index (χ4v) is 4.39. The van der Waals surface area contributed by atoms with E-state index in [1.54, 1.807) is 32.4 Å². The zero-order valence-electron chi connectivity index (χ0n) is 20.6. The molecule has 5 rings (SSSR count). The Morgan fingerprint density at radius 3 is 2.61 bits per heavy atom. The van der Waals surface area contributed by atoms with Crippen molar-refractivity contribution >= 4 is 34.4 Å². The summed E-state index contributed by atoms with van der Waals surface area (Å²) in [7, 11) is 3.16. The molecule has 3 heterocycles. The highest BCUT2D eigenvalue weighted by molar-refractivity contribution is 6.02. The standard InChI is InChI=1S/C27H30N6O3/c1-16-4-6-17(7-5-16)20-15-29-24-23(20)25(30-19-10-12-36-13-11-19)33-27(32-24)31-21-9-8-18(26(34)28-2)14-22(21)35-3/h4-9,14-15,19H,10-13H2,1-3H3,(H,28,34)(H3,29,30,31,32,33). The SMILES string of the molecule is CNC(=O)c1ccc(Nc2nc(NC3CCOCC3)c3c(-c4ccc(C)cc4)c[nH]c3n2)c(OC)c1. The van der Waals surface area contributed by atoms with Crippen LogP contribution in [0.3, 0.4) is 0 Å². The number of amides is 1. The maximum Gasteiger partial charge on any atom is 0.251 e. The number of aryl methyl sites for hydroxylation is 1. The van der Waals surface area contributed by atoms with Crippen molar-refractivity contribution in [2.45, 2.75) is 25.8 Å². The molecule has 1 amide bonds. The molecule has 0 saturated carbocycles. The van der Waals surface area contributed by atoms with Crippen molar-refractivity contribution in [1.29, 1.82) is 0 Å². The maximum atomic E-state index is 12.0. The Balaban J connectivity index is 1.55. The van der Waals surface area contributed by atoms with Crippen LogP contribution >= 0.6 is 0 Å². The van der Waals surface area contributed by atoms with Crippen molar-refractivity contribution < 1.29 is 14.3 Å². The van der Waals surface area contributed by atoms with Crippen LogP contribution in [0.2, 0.25) is 0 Å². The number of carbonyl (C=O) groups is 1. The largest absolute Gasteiger partial charge is 0.495 e. The molecule has 9 heteroatoms. The number of benzene rings is 2. The smallest absolute Gasteiger partial charge is 0.251 e. The van der Waals surface area contributed by atoms with E-state index in [-0.39, 0.29) is 11.9 Å². The van der Waals surface area contributed by atoms with E-state index in [4.69, 9.17) is 19.4 Å². The number of ether oxygens (including phenoxy) is 2. The first-order chi connectivity index (χ1) is 17.6. The molecule has 0 radical (unpaired) electrons. The van der Waals surface area contributed by atoms with E-state index in [1.165, 1.54) is 5.56 Å². The van der Waals surface area contributed by atoms with Crippen LogP contribution in [0.4, 0.5) is 17.5 Å². The van der Waals surface area contributed by atoms with Gasteiger partial charge in [0.1, 0.15) is 17.2 Å². The van der Waals surface area contributed by atoms with Crippen molar-refractivity contribution in [1.82, 2.24) is 20.3 Å². The number of fused-ring (bicyclic) bond motifs is 1. The monoisotopic (exact) mass is 486 g/mol. The number of carbonyl (C=O) groups excluding carboxylic acids is 1. The van der Waals surface area contributed by atoms with Gasteiger partial charge in [-0.2, -0.15) is 9.97 Å². The number of hydrogen-bond acceptors (Lipinski definition) is 7. The first kappa shape index (κ1) is 23.6. The zero-order valence-corrected chi connectivity index (χ0v) is 20.6. The number of aromatic amines is 1. The minimum atomic E-state index is -0.185. The summed E-state index contributed by atoms with van der Waals surface area (Å²) < 4.78 is 11.1. The number of hydrogen-bond donors (Lipinski definition) is 4. The van der Waals surface area contributed by atoms with Gasteiger partial charge in [-0.3, -0.25) is 4.79 Å². The highest BCUT2D eigenvalue weighted by Gasteiger charge is 2.20. The second-order valence-corrected chi connectivity index (χ2v) is 8.84. The van der Waals surface area contributed by atoms with Gasteiger partial charge >= 0.3 is 0 Å². The molecule has 0 bridgehead atoms. The van der Waals surface area contributed by atoms with Gasteiger partial charge in [-0.05, 0) is 43.5 Å². The minimum absolute atomic E-state index is 0.185. The summed E-state index contributed by atoms with van der Waals surface area (Å²) in [6.07, 6.45) is 3.79. The molecule has 0 unspecified atom stereocenters. The Labute approximate surface area is 209 Å². The Morgan fingerprint density at radius 1 is 1.11 bits per heavy atom. The molecule has 2 aromatic carbocycles. The molecule has 4 N–H and O–H groups in total. The summed E-state index contributed by atoms with van der Waals surface area (Å²) in [5, 5.41) is 10.5. The molecule has 36 heavy (non-hydrogen) atoms. The topological polar surface area (TPSA) is 113 Å². The fourth-order valence-electron chi connectivity index (χ4n) is 4.39. The van der Waals surface area contributed by atoms with Crippen molar-refractivity contribution in [2.75, 3.05) is 38.0 Å². The van der Waals surface area contributed by atoms with E-state index in [1.807, 2.05) is 6.20 Å². The van der Waals surface area contributed by atoms with Gasteiger partial charge in [0.15, 0.2) is 0 Å². The molecular weight excluding hydrogens is 456 g/mol. The third-order valence-electron chi connectivity index (χ3n) is 6.39. The summed E-state index contributed by atoms with van der Waals surface area (Å²) in [5.74, 6) is 1.51. The van der Waals surface area contributed by atoms with Crippen molar-refractivity contribution in [3.8, 4) is 16.9 Å². The van der Waals surface area contributed by atoms with Gasteiger partial charge in [-0.1, -0.05) is 29.8 Å². The van der Waals surface area contributed by atoms with E-state index < -0.39 is 0 Å². The molecule has 1 fully saturated rings. The fraction of sp³-hybridized carbons (Fsp3) is 0.296. The van der Waals surface area contributed by atoms with Gasteiger partial charge in [-0.15, -0.1) is 0 Å². The van der Waals surface area contributed by atoms with E-state index in [2.05, 4.69) is 52.1 Å². The summed E-state index contributed by atoms with van der Waals surface area (Å²) >= 11 is 0. The Kier molecular flexibility index (Phi) is 6.73. The predicted octanol–water partition coefficient (Wildman–Crippen LogP) is 4.64. The van der Waals surface area contributed by atoms with Gasteiger partial charge < -0.3 is 30.4 Å². The molecule has 4 aromatic rings. The van der Waals surface area contributed by atoms with Gasteiger partial charge in [0.2, 0.25) is 5.95 Å². The molecule has 2 aromatic heterocycles. The van der Waals surface area contributed by atoms with E-state index >= 15 is 0 Å². The van der Waals surface area contributed by atoms with E-state index in [0.29, 0.717) is 22.9 Å². The summed E-state index contributed by atoms with van der Waals surface area (Å²) in [6.45, 7) is 3.53. The van der Waals surface area contributed by atoms with Crippen LogP contribution in [0.15, 0.2) is 48.7 Å². The number of nitrogens with one attached hydrogen (secondary N) is 4. The molecule has 0 spiro atoms. The second-order valence-electron chi connectivity index (χ2n) is 8.84. The second kappa shape index (κ2) is 10.2. The lowest BCUT2D eigenvalue weighted by Crippen LogP contribution is -2.28. The average Bonchev–Trinajstić information content (AvgIpc) is 3.34. The van der Waals surface area contributed by atoms with Crippen LogP contribution in [0.25, 0.3) is 22.2 Å². The third-order valence-corrected chi connectivity index (χ3v) is 6.39. The van der Waals surface area contributed by atoms with Gasteiger partial charge in [0, 0.05) is 43.6 Å². The third kappa shape index (κ3) is 4.83. The Bertz CT molecular complexity index is 1380. The molecule has 9 nitrogen and oxygen atoms in total. The van der Waals surface area contributed by atoms with Crippen LogP contribution < -0.4 is 20.7 Å². The number of H-pyrrole nitrogens is 1. The van der Waals surface area contributed by atoms with Crippen LogP contribution in [0.5, 0.6) is 5.75 Å². The normalized spacial score (nSPS) is 14.0. The number of anilines is 3.